The summed E-state index contributed by atoms with van der Waals surface area (Å²) in [6, 6.07) is 9.77. The zero-order valence-electron chi connectivity index (χ0n) is 16.9. The molecule has 5 nitrogen and oxygen atoms in total. The first-order chi connectivity index (χ1) is 12.8. The minimum absolute atomic E-state index is 0.0101. The molecule has 2 aromatic rings. The molecule has 1 amide bonds. The largest absolute Gasteiger partial charge is 0.441 e. The minimum Gasteiger partial charge on any atom is -0.441 e. The molecule has 1 atom stereocenters. The van der Waals surface area contributed by atoms with Gasteiger partial charge in [-0.2, -0.15) is 0 Å². The molecule has 1 fully saturated rings. The van der Waals surface area contributed by atoms with E-state index in [1.807, 2.05) is 37.3 Å². The molecular formula is C22H31N3O2. The van der Waals surface area contributed by atoms with Gasteiger partial charge in [0.15, 0.2) is 0 Å². The average molecular weight is 370 g/mol. The smallest absolute Gasteiger partial charge is 0.226 e. The number of nitrogens with zero attached hydrogens (tertiary/aromatic N) is 2. The lowest BCUT2D eigenvalue weighted by Gasteiger charge is -2.43. The number of likely N-dealkylation sites (tertiary alicyclic amines) is 1. The Hall–Kier alpha value is -2.14. The van der Waals surface area contributed by atoms with Crippen LogP contribution >= 0.6 is 0 Å². The Morgan fingerprint density at radius 3 is 2.78 bits per heavy atom. The maximum atomic E-state index is 12.5. The van der Waals surface area contributed by atoms with Crippen molar-refractivity contribution in [2.45, 2.75) is 52.5 Å². The van der Waals surface area contributed by atoms with Crippen LogP contribution in [0.5, 0.6) is 0 Å². The molecule has 0 aliphatic carbocycles. The molecule has 1 aliphatic heterocycles. The molecule has 1 saturated heterocycles. The monoisotopic (exact) mass is 369 g/mol. The van der Waals surface area contributed by atoms with Gasteiger partial charge in [-0.25, -0.2) is 4.98 Å². The molecule has 2 heterocycles. The van der Waals surface area contributed by atoms with Gasteiger partial charge in [0, 0.05) is 24.2 Å². The average Bonchev–Trinajstić information content (AvgIpc) is 3.01. The number of carbonyl (C=O) groups is 1. The lowest BCUT2D eigenvalue weighted by atomic mass is 9.93. The zero-order valence-corrected chi connectivity index (χ0v) is 16.9. The molecule has 0 saturated carbocycles. The quantitative estimate of drug-likeness (QED) is 0.841. The van der Waals surface area contributed by atoms with Crippen LogP contribution in [0.25, 0.3) is 11.5 Å². The van der Waals surface area contributed by atoms with Gasteiger partial charge in [-0.05, 0) is 58.2 Å². The standard InChI is InChI=1S/C22H31N3O2/c1-16-9-8-12-25(14-16)22(3,4)15-23-20(26)13-19-17(2)27-21(24-19)18-10-6-5-7-11-18/h5-7,10-11,16H,8-9,12-15H2,1-4H3,(H,23,26). The Morgan fingerprint density at radius 2 is 2.07 bits per heavy atom. The summed E-state index contributed by atoms with van der Waals surface area (Å²) in [5, 5.41) is 3.10. The number of amides is 1. The molecule has 146 valence electrons. The lowest BCUT2D eigenvalue weighted by Crippen LogP contribution is -2.54. The first kappa shape index (κ1) is 19.6. The molecule has 5 heteroatoms. The summed E-state index contributed by atoms with van der Waals surface area (Å²) < 4.78 is 5.75. The van der Waals surface area contributed by atoms with Crippen molar-refractivity contribution in [2.24, 2.45) is 5.92 Å². The van der Waals surface area contributed by atoms with Crippen LogP contribution in [0.1, 0.15) is 45.1 Å². The zero-order chi connectivity index (χ0) is 19.4. The minimum atomic E-state index is -0.0432. The van der Waals surface area contributed by atoms with Gasteiger partial charge in [-0.1, -0.05) is 25.1 Å². The maximum Gasteiger partial charge on any atom is 0.226 e. The van der Waals surface area contributed by atoms with E-state index in [0.717, 1.165) is 24.6 Å². The molecule has 0 spiro atoms. The van der Waals surface area contributed by atoms with Gasteiger partial charge >= 0.3 is 0 Å². The fourth-order valence-electron chi connectivity index (χ4n) is 3.68. The highest BCUT2D eigenvalue weighted by Crippen LogP contribution is 2.24. The third kappa shape index (κ3) is 4.98. The number of aromatic nitrogens is 1. The summed E-state index contributed by atoms with van der Waals surface area (Å²) in [5.74, 6) is 1.98. The molecule has 1 aromatic heterocycles. The van der Waals surface area contributed by atoms with Gasteiger partial charge in [-0.3, -0.25) is 9.69 Å². The first-order valence-corrected chi connectivity index (χ1v) is 9.88. The van der Waals surface area contributed by atoms with Crippen LogP contribution in [0.4, 0.5) is 0 Å². The van der Waals surface area contributed by atoms with Crippen molar-refractivity contribution >= 4 is 5.91 Å². The molecule has 1 aliphatic rings. The van der Waals surface area contributed by atoms with Crippen LogP contribution in [0, 0.1) is 12.8 Å². The van der Waals surface area contributed by atoms with Crippen LogP contribution < -0.4 is 5.32 Å². The van der Waals surface area contributed by atoms with Crippen LogP contribution in [-0.4, -0.2) is 41.0 Å². The van der Waals surface area contributed by atoms with Crippen LogP contribution in [-0.2, 0) is 11.2 Å². The number of hydrogen-bond donors (Lipinski definition) is 1. The van der Waals surface area contributed by atoms with Crippen molar-refractivity contribution in [3.63, 3.8) is 0 Å². The molecule has 0 bridgehead atoms. The number of piperidine rings is 1. The van der Waals surface area contributed by atoms with Gasteiger partial charge in [0.25, 0.3) is 0 Å². The molecule has 1 unspecified atom stereocenters. The van der Waals surface area contributed by atoms with Crippen LogP contribution in [0.3, 0.4) is 0 Å². The van der Waals surface area contributed by atoms with E-state index in [9.17, 15) is 4.79 Å². The van der Waals surface area contributed by atoms with Gasteiger partial charge in [0.05, 0.1) is 12.1 Å². The second-order valence-corrected chi connectivity index (χ2v) is 8.35. The third-order valence-corrected chi connectivity index (χ3v) is 5.47. The number of oxazole rings is 1. The first-order valence-electron chi connectivity index (χ1n) is 9.88. The predicted molar refractivity (Wildman–Crippen MR) is 107 cm³/mol. The number of aryl methyl sites for hydroxylation is 1. The van der Waals surface area contributed by atoms with Crippen molar-refractivity contribution in [1.82, 2.24) is 15.2 Å². The number of nitrogens with one attached hydrogen (secondary N) is 1. The molecule has 1 aromatic carbocycles. The Kier molecular flexibility index (Phi) is 6.00. The van der Waals surface area contributed by atoms with Gasteiger partial charge in [0.2, 0.25) is 11.8 Å². The fraction of sp³-hybridized carbons (Fsp3) is 0.545. The number of rotatable bonds is 6. The van der Waals surface area contributed by atoms with Crippen LogP contribution in [0.2, 0.25) is 0 Å². The van der Waals surface area contributed by atoms with Crippen molar-refractivity contribution < 1.29 is 9.21 Å². The van der Waals surface area contributed by atoms with Gasteiger partial charge < -0.3 is 9.73 Å². The highest BCUT2D eigenvalue weighted by atomic mass is 16.4. The number of benzene rings is 1. The molecule has 1 N–H and O–H groups in total. The van der Waals surface area contributed by atoms with Gasteiger partial charge in [-0.15, -0.1) is 0 Å². The normalized spacial score (nSPS) is 18.4. The number of hydrogen-bond acceptors (Lipinski definition) is 4. The summed E-state index contributed by atoms with van der Waals surface area (Å²) in [7, 11) is 0. The second kappa shape index (κ2) is 8.26. The van der Waals surface area contributed by atoms with Crippen molar-refractivity contribution in [1.29, 1.82) is 0 Å². The van der Waals surface area contributed by atoms with Crippen LogP contribution in [0.15, 0.2) is 34.7 Å². The Morgan fingerprint density at radius 1 is 1.33 bits per heavy atom. The Labute approximate surface area is 162 Å². The lowest BCUT2D eigenvalue weighted by molar-refractivity contribution is -0.121. The summed E-state index contributed by atoms with van der Waals surface area (Å²) >= 11 is 0. The van der Waals surface area contributed by atoms with E-state index in [1.54, 1.807) is 0 Å². The summed E-state index contributed by atoms with van der Waals surface area (Å²) in [4.78, 5) is 19.5. The molecule has 27 heavy (non-hydrogen) atoms. The highest BCUT2D eigenvalue weighted by molar-refractivity contribution is 5.78. The van der Waals surface area contributed by atoms with E-state index < -0.39 is 0 Å². The summed E-state index contributed by atoms with van der Waals surface area (Å²) in [5.41, 5.74) is 1.58. The highest BCUT2D eigenvalue weighted by Gasteiger charge is 2.30. The Balaban J connectivity index is 1.57. The number of carbonyl (C=O) groups excluding carboxylic acids is 1. The summed E-state index contributed by atoms with van der Waals surface area (Å²) in [6.45, 7) is 11.4. The van der Waals surface area contributed by atoms with E-state index in [0.29, 0.717) is 23.9 Å². The van der Waals surface area contributed by atoms with Crippen molar-refractivity contribution in [3.05, 3.63) is 41.8 Å². The molecule has 3 rings (SSSR count). The third-order valence-electron chi connectivity index (χ3n) is 5.47. The fourth-order valence-corrected chi connectivity index (χ4v) is 3.68. The van der Waals surface area contributed by atoms with E-state index in [4.69, 9.17) is 4.42 Å². The predicted octanol–water partition coefficient (Wildman–Crippen LogP) is 3.82. The Bertz CT molecular complexity index is 767. The SMILES string of the molecule is Cc1oc(-c2ccccc2)nc1CC(=O)NCC(C)(C)N1CCCC(C)C1. The van der Waals surface area contributed by atoms with Gasteiger partial charge in [0.1, 0.15) is 5.76 Å². The molecular weight excluding hydrogens is 338 g/mol. The van der Waals surface area contributed by atoms with Crippen molar-refractivity contribution in [3.8, 4) is 11.5 Å². The maximum absolute atomic E-state index is 12.5. The van der Waals surface area contributed by atoms with E-state index in [2.05, 4.69) is 36.0 Å². The van der Waals surface area contributed by atoms with Crippen molar-refractivity contribution in [2.75, 3.05) is 19.6 Å². The van der Waals surface area contributed by atoms with E-state index in [1.165, 1.54) is 12.8 Å². The molecule has 0 radical (unpaired) electrons. The second-order valence-electron chi connectivity index (χ2n) is 8.35. The topological polar surface area (TPSA) is 58.4 Å². The van der Waals surface area contributed by atoms with E-state index in [-0.39, 0.29) is 17.9 Å². The van der Waals surface area contributed by atoms with E-state index >= 15 is 0 Å². The summed E-state index contributed by atoms with van der Waals surface area (Å²) in [6.07, 6.45) is 2.78.